The number of rotatable bonds is 4. The fourth-order valence-electron chi connectivity index (χ4n) is 7.23. The molecule has 0 bridgehead atoms. The maximum absolute atomic E-state index is 11.0. The van der Waals surface area contributed by atoms with Crippen molar-refractivity contribution in [3.05, 3.63) is 164 Å². The van der Waals surface area contributed by atoms with Crippen molar-refractivity contribution in [2.24, 2.45) is 0 Å². The van der Waals surface area contributed by atoms with Crippen molar-refractivity contribution >= 4 is 43.5 Å². The molecule has 2 heteroatoms. The molecule has 0 saturated carbocycles. The zero-order chi connectivity index (χ0) is 30.6. The van der Waals surface area contributed by atoms with Crippen molar-refractivity contribution in [1.29, 1.82) is 0 Å². The second-order valence-electron chi connectivity index (χ2n) is 11.8. The minimum atomic E-state index is 0.214. The van der Waals surface area contributed by atoms with E-state index < -0.39 is 0 Å². The first-order valence-electron chi connectivity index (χ1n) is 15.6. The van der Waals surface area contributed by atoms with Gasteiger partial charge < -0.3 is 9.52 Å². The number of phenols is 1. The molecular formula is C44H28O2. The van der Waals surface area contributed by atoms with Crippen LogP contribution in [0.15, 0.2) is 168 Å². The van der Waals surface area contributed by atoms with Crippen molar-refractivity contribution in [3.8, 4) is 50.3 Å². The van der Waals surface area contributed by atoms with Crippen LogP contribution < -0.4 is 0 Å². The Hall–Kier alpha value is -6.12. The highest BCUT2D eigenvalue weighted by Gasteiger charge is 2.22. The van der Waals surface area contributed by atoms with Crippen LogP contribution in [0, 0.1) is 0 Å². The standard InChI is InChI=1S/C44H28O2/c45-30-26-38(29-16-5-2-6-17-29)44-39(27-30)43-37(24-13-25-40(43)46-44)42-35-22-11-9-20-33(35)41(34-21-10-12-23-36(34)42)32-19-8-7-18-31(32)28-14-3-1-4-15-28/h1-27,45H. The lowest BCUT2D eigenvalue weighted by molar-refractivity contribution is 0.476. The lowest BCUT2D eigenvalue weighted by Gasteiger charge is -2.20. The molecule has 0 aliphatic rings. The number of aromatic hydroxyl groups is 1. The predicted molar refractivity (Wildman–Crippen MR) is 192 cm³/mol. The summed E-state index contributed by atoms with van der Waals surface area (Å²) >= 11 is 0. The summed E-state index contributed by atoms with van der Waals surface area (Å²) in [5.74, 6) is 0.214. The zero-order valence-corrected chi connectivity index (χ0v) is 24.9. The van der Waals surface area contributed by atoms with Crippen molar-refractivity contribution < 1.29 is 9.52 Å². The van der Waals surface area contributed by atoms with Gasteiger partial charge >= 0.3 is 0 Å². The van der Waals surface area contributed by atoms with Gasteiger partial charge in [-0.2, -0.15) is 0 Å². The molecular weight excluding hydrogens is 560 g/mol. The molecule has 0 amide bonds. The molecule has 1 aromatic heterocycles. The van der Waals surface area contributed by atoms with Crippen LogP contribution in [0.25, 0.3) is 88.0 Å². The van der Waals surface area contributed by atoms with Crippen LogP contribution >= 0.6 is 0 Å². The van der Waals surface area contributed by atoms with Crippen molar-refractivity contribution in [1.82, 2.24) is 0 Å². The molecule has 0 spiro atoms. The summed E-state index contributed by atoms with van der Waals surface area (Å²) in [5, 5.41) is 17.6. The smallest absolute Gasteiger partial charge is 0.143 e. The molecule has 0 saturated heterocycles. The van der Waals surface area contributed by atoms with Crippen molar-refractivity contribution in [3.63, 3.8) is 0 Å². The van der Waals surface area contributed by atoms with E-state index in [0.29, 0.717) is 0 Å². The maximum Gasteiger partial charge on any atom is 0.143 e. The third kappa shape index (κ3) is 4.04. The summed E-state index contributed by atoms with van der Waals surface area (Å²) in [7, 11) is 0. The van der Waals surface area contributed by atoms with Crippen LogP contribution in [0.2, 0.25) is 0 Å². The molecule has 8 aromatic carbocycles. The van der Waals surface area contributed by atoms with E-state index in [1.54, 1.807) is 6.07 Å². The molecule has 216 valence electrons. The number of hydrogen-bond donors (Lipinski definition) is 1. The van der Waals surface area contributed by atoms with Gasteiger partial charge in [0.05, 0.1) is 0 Å². The van der Waals surface area contributed by atoms with E-state index in [1.165, 1.54) is 43.8 Å². The molecule has 0 fully saturated rings. The second kappa shape index (κ2) is 10.5. The molecule has 9 aromatic rings. The molecule has 46 heavy (non-hydrogen) atoms. The van der Waals surface area contributed by atoms with Crippen molar-refractivity contribution in [2.75, 3.05) is 0 Å². The minimum absolute atomic E-state index is 0.214. The lowest BCUT2D eigenvalue weighted by atomic mass is 9.83. The van der Waals surface area contributed by atoms with Gasteiger partial charge in [0.2, 0.25) is 0 Å². The van der Waals surface area contributed by atoms with Crippen molar-refractivity contribution in [2.45, 2.75) is 0 Å². The van der Waals surface area contributed by atoms with E-state index in [2.05, 4.69) is 127 Å². The minimum Gasteiger partial charge on any atom is -0.508 e. The van der Waals surface area contributed by atoms with Gasteiger partial charge in [-0.3, -0.25) is 0 Å². The largest absolute Gasteiger partial charge is 0.508 e. The third-order valence-electron chi connectivity index (χ3n) is 9.15. The molecule has 9 rings (SSSR count). The summed E-state index contributed by atoms with van der Waals surface area (Å²) in [5.41, 5.74) is 10.5. The Morgan fingerprint density at radius 3 is 1.46 bits per heavy atom. The number of phenolic OH excluding ortho intramolecular Hbond substituents is 1. The average Bonchev–Trinajstić information content (AvgIpc) is 3.50. The fourth-order valence-corrected chi connectivity index (χ4v) is 7.23. The van der Waals surface area contributed by atoms with E-state index in [4.69, 9.17) is 4.42 Å². The van der Waals surface area contributed by atoms with Crippen LogP contribution in [0.3, 0.4) is 0 Å². The highest BCUT2D eigenvalue weighted by Crippen LogP contribution is 2.49. The summed E-state index contributed by atoms with van der Waals surface area (Å²) in [6, 6.07) is 56.9. The first kappa shape index (κ1) is 26.3. The van der Waals surface area contributed by atoms with E-state index in [9.17, 15) is 5.11 Å². The van der Waals surface area contributed by atoms with E-state index in [0.717, 1.165) is 44.2 Å². The van der Waals surface area contributed by atoms with Crippen LogP contribution in [-0.2, 0) is 0 Å². The number of furan rings is 1. The van der Waals surface area contributed by atoms with Gasteiger partial charge in [0, 0.05) is 16.3 Å². The van der Waals surface area contributed by atoms with Crippen LogP contribution in [0.4, 0.5) is 0 Å². The van der Waals surface area contributed by atoms with Gasteiger partial charge in [-0.25, -0.2) is 0 Å². The number of benzene rings is 8. The van der Waals surface area contributed by atoms with E-state index in [1.807, 2.05) is 30.3 Å². The Balaban J connectivity index is 1.41. The maximum atomic E-state index is 11.0. The SMILES string of the molecule is Oc1cc(-c2ccccc2)c2oc3cccc(-c4c5ccccc5c(-c5ccccc5-c5ccccc5)c5ccccc45)c3c2c1. The number of fused-ring (bicyclic) bond motifs is 5. The molecule has 0 atom stereocenters. The summed E-state index contributed by atoms with van der Waals surface area (Å²) in [6.45, 7) is 0. The highest BCUT2D eigenvalue weighted by atomic mass is 16.3. The van der Waals surface area contributed by atoms with Crippen LogP contribution in [0.1, 0.15) is 0 Å². The highest BCUT2D eigenvalue weighted by molar-refractivity contribution is 6.26. The average molecular weight is 589 g/mol. The van der Waals surface area contributed by atoms with Gasteiger partial charge in [-0.05, 0) is 78.7 Å². The van der Waals surface area contributed by atoms with Crippen LogP contribution in [-0.4, -0.2) is 5.11 Å². The van der Waals surface area contributed by atoms with Gasteiger partial charge in [0.15, 0.2) is 0 Å². The quantitative estimate of drug-likeness (QED) is 0.208. The van der Waals surface area contributed by atoms with E-state index in [-0.39, 0.29) is 5.75 Å². The molecule has 1 N–H and O–H groups in total. The molecule has 0 aliphatic carbocycles. The Morgan fingerprint density at radius 2 is 0.848 bits per heavy atom. The Bertz CT molecular complexity index is 2520. The molecule has 2 nitrogen and oxygen atoms in total. The first-order chi connectivity index (χ1) is 22.8. The van der Waals surface area contributed by atoms with Gasteiger partial charge in [0.1, 0.15) is 16.9 Å². The predicted octanol–water partition coefficient (Wildman–Crippen LogP) is 12.3. The van der Waals surface area contributed by atoms with E-state index >= 15 is 0 Å². The first-order valence-corrected chi connectivity index (χ1v) is 15.6. The third-order valence-corrected chi connectivity index (χ3v) is 9.15. The normalized spacial score (nSPS) is 11.6. The summed E-state index contributed by atoms with van der Waals surface area (Å²) < 4.78 is 6.63. The van der Waals surface area contributed by atoms with Gasteiger partial charge in [-0.1, -0.05) is 146 Å². The Kier molecular flexibility index (Phi) is 6.00. The van der Waals surface area contributed by atoms with Crippen LogP contribution in [0.5, 0.6) is 5.75 Å². The topological polar surface area (TPSA) is 33.4 Å². The van der Waals surface area contributed by atoms with Gasteiger partial charge in [0.25, 0.3) is 0 Å². The Labute approximate surface area is 266 Å². The monoisotopic (exact) mass is 588 g/mol. The van der Waals surface area contributed by atoms with Gasteiger partial charge in [-0.15, -0.1) is 0 Å². The summed E-state index contributed by atoms with van der Waals surface area (Å²) in [4.78, 5) is 0. The Morgan fingerprint density at radius 1 is 0.370 bits per heavy atom. The second-order valence-corrected chi connectivity index (χ2v) is 11.8. The number of hydrogen-bond acceptors (Lipinski definition) is 2. The molecule has 0 aliphatic heterocycles. The summed E-state index contributed by atoms with van der Waals surface area (Å²) in [6.07, 6.45) is 0. The fraction of sp³-hybridized carbons (Fsp3) is 0. The molecule has 0 radical (unpaired) electrons. The zero-order valence-electron chi connectivity index (χ0n) is 24.9. The molecule has 1 heterocycles. The molecule has 0 unspecified atom stereocenters. The lowest BCUT2D eigenvalue weighted by Crippen LogP contribution is -1.93.